The molecule has 4 rings (SSSR count). The monoisotopic (exact) mass is 414 g/mol. The molecule has 2 fully saturated rings. The third-order valence-electron chi connectivity index (χ3n) is 5.85. The number of hydrogen-bond donors (Lipinski definition) is 1. The number of imide groups is 1. The summed E-state index contributed by atoms with van der Waals surface area (Å²) in [4.78, 5) is 38.6. The van der Waals surface area contributed by atoms with E-state index in [2.05, 4.69) is 5.32 Å². The van der Waals surface area contributed by atoms with E-state index >= 15 is 0 Å². The summed E-state index contributed by atoms with van der Waals surface area (Å²) < 4.78 is 5.76. The minimum Gasteiger partial charge on any atom is -0.459 e. The number of amides is 3. The highest BCUT2D eigenvalue weighted by atomic mass is 35.5. The van der Waals surface area contributed by atoms with E-state index in [1.165, 1.54) is 0 Å². The first-order chi connectivity index (χ1) is 14.0. The van der Waals surface area contributed by atoms with Gasteiger partial charge >= 0.3 is 0 Å². The molecule has 7 heteroatoms. The molecule has 1 aliphatic heterocycles. The van der Waals surface area contributed by atoms with Gasteiger partial charge in [0.1, 0.15) is 18.1 Å². The number of nitrogens with one attached hydrogen (secondary N) is 1. The predicted octanol–water partition coefficient (Wildman–Crippen LogP) is 3.93. The maximum atomic E-state index is 12.8. The Morgan fingerprint density at radius 3 is 2.52 bits per heavy atom. The normalized spacial score (nSPS) is 18.4. The lowest BCUT2D eigenvalue weighted by Crippen LogP contribution is -2.42. The van der Waals surface area contributed by atoms with Gasteiger partial charge in [0, 0.05) is 17.0 Å². The summed E-state index contributed by atoms with van der Waals surface area (Å²) in [5.41, 5.74) is 0.322. The van der Waals surface area contributed by atoms with Crippen molar-refractivity contribution >= 4 is 29.3 Å². The van der Waals surface area contributed by atoms with Crippen molar-refractivity contribution in [3.8, 4) is 11.3 Å². The van der Waals surface area contributed by atoms with Crippen LogP contribution in [0.15, 0.2) is 40.8 Å². The van der Waals surface area contributed by atoms with Crippen LogP contribution in [0.25, 0.3) is 11.3 Å². The molecule has 6 nitrogen and oxygen atoms in total. The van der Waals surface area contributed by atoms with Crippen LogP contribution >= 0.6 is 11.6 Å². The van der Waals surface area contributed by atoms with Crippen LogP contribution in [0, 0.1) is 5.41 Å². The molecule has 0 atom stereocenters. The average molecular weight is 415 g/mol. The topological polar surface area (TPSA) is 79.6 Å². The zero-order chi connectivity index (χ0) is 20.4. The SMILES string of the molecule is O=C(CN1C(=O)CC2(CCCCC2)C1=O)NCc1ccc(-c2ccc(Cl)cc2)o1. The third kappa shape index (κ3) is 4.08. The lowest BCUT2D eigenvalue weighted by Gasteiger charge is -2.30. The van der Waals surface area contributed by atoms with Crippen molar-refractivity contribution in [2.24, 2.45) is 5.41 Å². The van der Waals surface area contributed by atoms with Gasteiger partial charge in [-0.1, -0.05) is 30.9 Å². The van der Waals surface area contributed by atoms with Crippen LogP contribution < -0.4 is 5.32 Å². The highest BCUT2D eigenvalue weighted by Crippen LogP contribution is 2.45. The van der Waals surface area contributed by atoms with Crippen molar-refractivity contribution in [3.63, 3.8) is 0 Å². The molecule has 0 radical (unpaired) electrons. The van der Waals surface area contributed by atoms with Gasteiger partial charge in [-0.15, -0.1) is 0 Å². The molecule has 2 heterocycles. The number of hydrogen-bond acceptors (Lipinski definition) is 4. The molecular formula is C22H23ClN2O4. The Morgan fingerprint density at radius 2 is 1.79 bits per heavy atom. The summed E-state index contributed by atoms with van der Waals surface area (Å²) in [7, 11) is 0. The highest BCUT2D eigenvalue weighted by molar-refractivity contribution is 6.30. The Balaban J connectivity index is 1.33. The molecule has 0 unspecified atom stereocenters. The largest absolute Gasteiger partial charge is 0.459 e. The molecule has 152 valence electrons. The van der Waals surface area contributed by atoms with Crippen LogP contribution in [0.3, 0.4) is 0 Å². The summed E-state index contributed by atoms with van der Waals surface area (Å²) in [5.74, 6) is 0.473. The molecule has 0 bridgehead atoms. The highest BCUT2D eigenvalue weighted by Gasteiger charge is 2.51. The van der Waals surface area contributed by atoms with E-state index in [4.69, 9.17) is 16.0 Å². The number of furan rings is 1. The van der Waals surface area contributed by atoms with Crippen molar-refractivity contribution in [1.29, 1.82) is 0 Å². The molecule has 1 saturated carbocycles. The second-order valence-corrected chi connectivity index (χ2v) is 8.29. The third-order valence-corrected chi connectivity index (χ3v) is 6.10. The number of benzene rings is 1. The van der Waals surface area contributed by atoms with Crippen molar-refractivity contribution in [3.05, 3.63) is 47.2 Å². The minimum atomic E-state index is -0.565. The summed E-state index contributed by atoms with van der Waals surface area (Å²) in [5, 5.41) is 3.38. The van der Waals surface area contributed by atoms with Gasteiger partial charge in [0.2, 0.25) is 17.7 Å². The molecule has 3 amide bonds. The Hall–Kier alpha value is -2.60. The van der Waals surface area contributed by atoms with Crippen molar-refractivity contribution in [2.75, 3.05) is 6.54 Å². The van der Waals surface area contributed by atoms with E-state index in [0.717, 1.165) is 42.6 Å². The van der Waals surface area contributed by atoms with Gasteiger partial charge in [-0.05, 0) is 49.2 Å². The smallest absolute Gasteiger partial charge is 0.240 e. The first kappa shape index (κ1) is 19.7. The summed E-state index contributed by atoms with van der Waals surface area (Å²) in [6.45, 7) is -0.0437. The van der Waals surface area contributed by atoms with Gasteiger partial charge in [0.05, 0.1) is 12.0 Å². The lowest BCUT2D eigenvalue weighted by molar-refractivity contribution is -0.145. The number of nitrogens with zero attached hydrogens (tertiary/aromatic N) is 1. The molecular weight excluding hydrogens is 392 g/mol. The standard InChI is InChI=1S/C22H23ClN2O4/c23-16-6-4-15(5-7-16)18-9-8-17(29-18)13-24-19(26)14-25-20(27)12-22(21(25)28)10-2-1-3-11-22/h4-9H,1-3,10-14H2,(H,24,26). The van der Waals surface area contributed by atoms with Gasteiger partial charge in [0.15, 0.2) is 0 Å². The van der Waals surface area contributed by atoms with E-state index < -0.39 is 5.41 Å². The minimum absolute atomic E-state index is 0.180. The zero-order valence-corrected chi connectivity index (χ0v) is 16.8. The Bertz CT molecular complexity index is 929. The van der Waals surface area contributed by atoms with Crippen LogP contribution in [0.2, 0.25) is 5.02 Å². The van der Waals surface area contributed by atoms with Gasteiger partial charge in [-0.25, -0.2) is 0 Å². The van der Waals surface area contributed by atoms with Gasteiger partial charge in [0.25, 0.3) is 0 Å². The fraction of sp³-hybridized carbons (Fsp3) is 0.409. The Kier molecular flexibility index (Phi) is 5.46. The number of halogens is 1. The fourth-order valence-electron chi connectivity index (χ4n) is 4.27. The average Bonchev–Trinajstić information content (AvgIpc) is 3.27. The first-order valence-electron chi connectivity index (χ1n) is 9.93. The van der Waals surface area contributed by atoms with Crippen molar-refractivity contribution < 1.29 is 18.8 Å². The second kappa shape index (κ2) is 8.03. The molecule has 1 saturated heterocycles. The lowest BCUT2D eigenvalue weighted by atomic mass is 9.73. The molecule has 1 aliphatic carbocycles. The molecule has 2 aromatic rings. The molecule has 1 aromatic heterocycles. The quantitative estimate of drug-likeness (QED) is 0.752. The molecule has 2 aliphatic rings. The Labute approximate surface area is 174 Å². The molecule has 1 aromatic carbocycles. The summed E-state index contributed by atoms with van der Waals surface area (Å²) in [6, 6.07) is 10.9. The second-order valence-electron chi connectivity index (χ2n) is 7.85. The molecule has 29 heavy (non-hydrogen) atoms. The van der Waals surface area contributed by atoms with Crippen LogP contribution in [-0.2, 0) is 20.9 Å². The van der Waals surface area contributed by atoms with E-state index in [9.17, 15) is 14.4 Å². The van der Waals surface area contributed by atoms with Crippen LogP contribution in [0.1, 0.15) is 44.3 Å². The number of likely N-dealkylation sites (tertiary alicyclic amines) is 1. The zero-order valence-electron chi connectivity index (χ0n) is 16.1. The van der Waals surface area contributed by atoms with Crippen molar-refractivity contribution in [2.45, 2.75) is 45.1 Å². The van der Waals surface area contributed by atoms with E-state index in [0.29, 0.717) is 16.5 Å². The van der Waals surface area contributed by atoms with Crippen LogP contribution in [0.5, 0.6) is 0 Å². The number of rotatable bonds is 5. The molecule has 1 N–H and O–H groups in total. The van der Waals surface area contributed by atoms with Gasteiger partial charge < -0.3 is 9.73 Å². The van der Waals surface area contributed by atoms with Gasteiger partial charge in [-0.3, -0.25) is 19.3 Å². The fourth-order valence-corrected chi connectivity index (χ4v) is 4.39. The predicted molar refractivity (Wildman–Crippen MR) is 108 cm³/mol. The van der Waals surface area contributed by atoms with Crippen LogP contribution in [0.4, 0.5) is 0 Å². The number of carbonyl (C=O) groups is 3. The van der Waals surface area contributed by atoms with Crippen molar-refractivity contribution in [1.82, 2.24) is 10.2 Å². The maximum Gasteiger partial charge on any atom is 0.240 e. The Morgan fingerprint density at radius 1 is 1.07 bits per heavy atom. The van der Waals surface area contributed by atoms with E-state index in [1.54, 1.807) is 18.2 Å². The van der Waals surface area contributed by atoms with Crippen LogP contribution in [-0.4, -0.2) is 29.2 Å². The summed E-state index contributed by atoms with van der Waals surface area (Å²) in [6.07, 6.45) is 4.76. The van der Waals surface area contributed by atoms with E-state index in [1.807, 2.05) is 18.2 Å². The summed E-state index contributed by atoms with van der Waals surface area (Å²) >= 11 is 5.90. The number of carbonyl (C=O) groups excluding carboxylic acids is 3. The molecule has 1 spiro atoms. The maximum absolute atomic E-state index is 12.8. The first-order valence-corrected chi connectivity index (χ1v) is 10.3. The van der Waals surface area contributed by atoms with Gasteiger partial charge in [-0.2, -0.15) is 0 Å². The van der Waals surface area contributed by atoms with E-state index in [-0.39, 0.29) is 37.2 Å².